The molecule has 0 aliphatic heterocycles. The Balaban J connectivity index is 0.000000762. The van der Waals surface area contributed by atoms with Gasteiger partial charge in [0.15, 0.2) is 11.5 Å². The van der Waals surface area contributed by atoms with Crippen molar-refractivity contribution in [2.75, 3.05) is 34.8 Å². The number of furan rings is 1. The molecule has 11 nitrogen and oxygen atoms in total. The van der Waals surface area contributed by atoms with Crippen molar-refractivity contribution in [2.24, 2.45) is 0 Å². The molecule has 0 radical (unpaired) electrons. The number of rotatable bonds is 7. The lowest BCUT2D eigenvalue weighted by Crippen LogP contribution is -2.49. The molecule has 2 heterocycles. The number of halogens is 3. The van der Waals surface area contributed by atoms with Crippen molar-refractivity contribution in [1.29, 1.82) is 0 Å². The van der Waals surface area contributed by atoms with Crippen LogP contribution in [0.4, 0.5) is 13.2 Å². The number of aromatic nitrogens is 2. The first-order chi connectivity index (χ1) is 16.1. The summed E-state index contributed by atoms with van der Waals surface area (Å²) in [5, 5.41) is 20.6. The van der Waals surface area contributed by atoms with Gasteiger partial charge in [-0.1, -0.05) is 5.92 Å². The van der Waals surface area contributed by atoms with Gasteiger partial charge in [-0.15, -0.1) is 0 Å². The van der Waals surface area contributed by atoms with Gasteiger partial charge in [0.1, 0.15) is 5.97 Å². The predicted octanol–water partition coefficient (Wildman–Crippen LogP) is 0.0559. The van der Waals surface area contributed by atoms with E-state index in [9.17, 15) is 22.8 Å². The van der Waals surface area contributed by atoms with Gasteiger partial charge in [-0.25, -0.2) is 9.97 Å². The fraction of sp³-hybridized carbons (Fsp3) is 0.381. The van der Waals surface area contributed by atoms with Gasteiger partial charge in [0.25, 0.3) is 5.91 Å². The van der Waals surface area contributed by atoms with Crippen molar-refractivity contribution in [2.45, 2.75) is 18.6 Å². The van der Waals surface area contributed by atoms with Crippen molar-refractivity contribution in [3.05, 3.63) is 41.6 Å². The smallest absolute Gasteiger partial charge is 0.430 e. The maximum atomic E-state index is 12.4. The highest BCUT2D eigenvalue weighted by Gasteiger charge is 2.29. The lowest BCUT2D eigenvalue weighted by Gasteiger charge is -2.28. The molecule has 0 bridgehead atoms. The third-order valence-corrected chi connectivity index (χ3v) is 3.73. The van der Waals surface area contributed by atoms with Gasteiger partial charge in [-0.3, -0.25) is 9.59 Å². The Labute approximate surface area is 198 Å². The molecule has 0 aliphatic rings. The molecule has 14 heteroatoms. The van der Waals surface area contributed by atoms with Gasteiger partial charge in [-0.2, -0.15) is 13.2 Å². The van der Waals surface area contributed by atoms with Gasteiger partial charge in [0.2, 0.25) is 0 Å². The van der Waals surface area contributed by atoms with Crippen LogP contribution < -0.4 is 15.2 Å². The molecule has 0 aliphatic carbocycles. The number of nitrogens with zero attached hydrogens (tertiary/aromatic N) is 3. The zero-order chi connectivity index (χ0) is 26.8. The average molecular weight is 500 g/mol. The van der Waals surface area contributed by atoms with Crippen LogP contribution in [0.2, 0.25) is 0 Å². The summed E-state index contributed by atoms with van der Waals surface area (Å²) < 4.78 is 42.4. The number of hydrogen-bond donors (Lipinski definition) is 2. The van der Waals surface area contributed by atoms with Crippen molar-refractivity contribution < 1.29 is 51.4 Å². The van der Waals surface area contributed by atoms with E-state index >= 15 is 0 Å². The number of quaternary nitrogens is 1. The van der Waals surface area contributed by atoms with Crippen LogP contribution in [-0.2, 0) is 9.59 Å². The van der Waals surface area contributed by atoms with Crippen molar-refractivity contribution in [1.82, 2.24) is 15.3 Å². The lowest BCUT2D eigenvalue weighted by atomic mass is 10.2. The van der Waals surface area contributed by atoms with Crippen LogP contribution >= 0.6 is 0 Å². The number of nitrogens with one attached hydrogen (secondary N) is 1. The molecule has 2 aromatic heterocycles. The van der Waals surface area contributed by atoms with Crippen LogP contribution in [0.1, 0.15) is 28.3 Å². The molecule has 0 saturated carbocycles. The molecule has 1 unspecified atom stereocenters. The molecule has 1 atom stereocenters. The molecule has 2 aromatic rings. The average Bonchev–Trinajstić information content (AvgIpc) is 3.20. The molecule has 35 heavy (non-hydrogen) atoms. The number of likely N-dealkylation sites (N-methyl/N-ethyl adjacent to an activating group) is 1. The maximum absolute atomic E-state index is 12.4. The van der Waals surface area contributed by atoms with Crippen LogP contribution in [0.15, 0.2) is 28.9 Å². The monoisotopic (exact) mass is 500 g/mol. The lowest BCUT2D eigenvalue weighted by molar-refractivity contribution is -0.871. The van der Waals surface area contributed by atoms with E-state index in [1.165, 1.54) is 25.6 Å². The van der Waals surface area contributed by atoms with E-state index < -0.39 is 30.1 Å². The third-order valence-electron chi connectivity index (χ3n) is 3.73. The molecule has 1 amide bonds. The van der Waals surface area contributed by atoms with Crippen LogP contribution in [0, 0.1) is 11.8 Å². The topological polar surface area (TPSA) is 155 Å². The highest BCUT2D eigenvalue weighted by molar-refractivity contribution is 5.92. The van der Waals surface area contributed by atoms with Crippen molar-refractivity contribution >= 4 is 17.8 Å². The predicted molar refractivity (Wildman–Crippen MR) is 111 cm³/mol. The van der Waals surface area contributed by atoms with Gasteiger partial charge >= 0.3 is 18.2 Å². The van der Waals surface area contributed by atoms with Crippen molar-refractivity contribution in [3.63, 3.8) is 0 Å². The number of methoxy groups -OCH3 is 1. The summed E-state index contributed by atoms with van der Waals surface area (Å²) in [6.45, 7) is 0.461. The van der Waals surface area contributed by atoms with Crippen LogP contribution in [-0.4, -0.2) is 84.4 Å². The Hall–Kier alpha value is -4.12. The van der Waals surface area contributed by atoms with E-state index in [0.29, 0.717) is 22.4 Å². The van der Waals surface area contributed by atoms with Crippen LogP contribution in [0.25, 0.3) is 0 Å². The van der Waals surface area contributed by atoms with Crippen molar-refractivity contribution in [3.8, 4) is 17.9 Å². The Morgan fingerprint density at radius 1 is 1.20 bits per heavy atom. The van der Waals surface area contributed by atoms with E-state index in [1.54, 1.807) is 6.07 Å². The third kappa shape index (κ3) is 11.5. The minimum atomic E-state index is -5.19. The van der Waals surface area contributed by atoms with Gasteiger partial charge in [0, 0.05) is 12.4 Å². The number of aliphatic carboxylic acids is 2. The second-order valence-corrected chi connectivity index (χ2v) is 7.90. The number of ether oxygens (including phenoxy) is 1. The second-order valence-electron chi connectivity index (χ2n) is 7.90. The Morgan fingerprint density at radius 3 is 2.23 bits per heavy atom. The highest BCUT2D eigenvalue weighted by atomic mass is 19.4. The fourth-order valence-corrected chi connectivity index (χ4v) is 2.44. The van der Waals surface area contributed by atoms with Crippen LogP contribution in [0.5, 0.6) is 6.01 Å². The maximum Gasteiger partial charge on any atom is 0.430 e. The number of alkyl halides is 3. The van der Waals surface area contributed by atoms with Gasteiger partial charge < -0.3 is 34.0 Å². The largest absolute Gasteiger partial charge is 0.542 e. The molecule has 190 valence electrons. The number of carboxylic acid groups (broad SMARTS) is 2. The summed E-state index contributed by atoms with van der Waals surface area (Å²) in [5.74, 6) is 1.49. The van der Waals surface area contributed by atoms with E-state index in [1.807, 2.05) is 21.1 Å². The molecule has 0 saturated heterocycles. The standard InChI is InChI=1S/C19H22N4O5.C2HF3O2/c1-23(2,3)12-14(9-17(24)25)22-18(26)16-8-7-15(28-16)6-5-13-10-20-19(27-4)21-11-13;3-2(4,5)1(6)7/h7-8,10-11,14H,9,12H2,1-4H3,(H-,22,24,25,26);(H,6,7). The Kier molecular flexibility index (Phi) is 10.2. The fourth-order valence-electron chi connectivity index (χ4n) is 2.44. The first kappa shape index (κ1) is 28.9. The SMILES string of the molecule is COc1ncc(C#Cc2ccc(C(=O)NC(CC(=O)O)C[N+](C)(C)C)o2)cn1.O=C([O-])C(F)(F)F. The van der Waals surface area contributed by atoms with E-state index in [2.05, 4.69) is 27.1 Å². The minimum absolute atomic E-state index is 0.0621. The Morgan fingerprint density at radius 2 is 1.77 bits per heavy atom. The summed E-state index contributed by atoms with van der Waals surface area (Å²) in [5.41, 5.74) is 0.563. The molecular formula is C21H23F3N4O7. The zero-order valence-corrected chi connectivity index (χ0v) is 19.2. The van der Waals surface area contributed by atoms with E-state index in [-0.39, 0.29) is 18.2 Å². The summed E-state index contributed by atoms with van der Waals surface area (Å²) >= 11 is 0. The second kappa shape index (κ2) is 12.4. The number of carbonyl (C=O) groups excluding carboxylic acids is 2. The van der Waals surface area contributed by atoms with Crippen LogP contribution in [0.3, 0.4) is 0 Å². The quantitative estimate of drug-likeness (QED) is 0.397. The summed E-state index contributed by atoms with van der Waals surface area (Å²) in [7, 11) is 7.23. The zero-order valence-electron chi connectivity index (χ0n) is 19.2. The number of carboxylic acids is 2. The number of hydrogen-bond acceptors (Lipinski definition) is 8. The van der Waals surface area contributed by atoms with Gasteiger partial charge in [-0.05, 0) is 18.1 Å². The molecular weight excluding hydrogens is 477 g/mol. The first-order valence-electron chi connectivity index (χ1n) is 9.70. The van der Waals surface area contributed by atoms with E-state index in [4.69, 9.17) is 24.2 Å². The molecule has 0 aromatic carbocycles. The first-order valence-corrected chi connectivity index (χ1v) is 9.70. The highest BCUT2D eigenvalue weighted by Crippen LogP contribution is 2.11. The number of amides is 1. The summed E-state index contributed by atoms with van der Waals surface area (Å²) in [4.78, 5) is 40.1. The summed E-state index contributed by atoms with van der Waals surface area (Å²) in [6, 6.07) is 2.78. The molecule has 2 rings (SSSR count). The normalized spacial score (nSPS) is 11.7. The minimum Gasteiger partial charge on any atom is -0.542 e. The van der Waals surface area contributed by atoms with E-state index in [0.717, 1.165) is 0 Å². The van der Waals surface area contributed by atoms with Gasteiger partial charge in [0.05, 0.1) is 52.8 Å². The molecule has 0 spiro atoms. The molecule has 2 N–H and O–H groups in total. The number of carbonyl (C=O) groups is 3. The Bertz CT molecular complexity index is 1080. The molecule has 0 fully saturated rings. The summed E-state index contributed by atoms with van der Waals surface area (Å²) in [6.07, 6.45) is -2.35.